The minimum absolute atomic E-state index is 0.00330. The van der Waals surface area contributed by atoms with E-state index in [1.54, 1.807) is 12.1 Å². The number of hydrogen-bond donors (Lipinski definition) is 2. The van der Waals surface area contributed by atoms with Crippen LogP contribution in [-0.4, -0.2) is 30.3 Å². The summed E-state index contributed by atoms with van der Waals surface area (Å²) in [5.41, 5.74) is 0. The quantitative estimate of drug-likeness (QED) is 0.792. The van der Waals surface area contributed by atoms with Crippen LogP contribution in [0.1, 0.15) is 20.3 Å². The molecule has 0 aliphatic carbocycles. The molecule has 0 aliphatic rings. The zero-order chi connectivity index (χ0) is 14.3. The Hall–Kier alpha value is -1.62. The molecule has 1 aromatic carbocycles. The second-order valence-electron chi connectivity index (χ2n) is 4.54. The van der Waals surface area contributed by atoms with Gasteiger partial charge < -0.3 is 15.2 Å². The number of para-hydroxylation sites is 1. The van der Waals surface area contributed by atoms with Crippen molar-refractivity contribution in [1.82, 2.24) is 5.32 Å². The van der Waals surface area contributed by atoms with E-state index in [4.69, 9.17) is 9.84 Å². The van der Waals surface area contributed by atoms with Crippen LogP contribution in [0.15, 0.2) is 24.3 Å². The van der Waals surface area contributed by atoms with Gasteiger partial charge in [-0.3, -0.25) is 4.79 Å². The maximum absolute atomic E-state index is 13.2. The first-order valence-electron chi connectivity index (χ1n) is 6.32. The highest BCUT2D eigenvalue weighted by atomic mass is 19.1. The molecule has 0 bridgehead atoms. The van der Waals surface area contributed by atoms with Gasteiger partial charge in [0.2, 0.25) is 5.91 Å². The van der Waals surface area contributed by atoms with Gasteiger partial charge in [-0.1, -0.05) is 19.1 Å². The van der Waals surface area contributed by atoms with Gasteiger partial charge in [0.15, 0.2) is 11.6 Å². The molecular formula is C14H20FNO3. The molecule has 0 saturated heterocycles. The summed E-state index contributed by atoms with van der Waals surface area (Å²) in [6.45, 7) is 3.82. The summed E-state index contributed by atoms with van der Waals surface area (Å²) in [5, 5.41) is 11.7. The van der Waals surface area contributed by atoms with Crippen LogP contribution < -0.4 is 10.1 Å². The number of carbonyl (C=O) groups excluding carboxylic acids is 1. The summed E-state index contributed by atoms with van der Waals surface area (Å²) in [6, 6.07) is 5.96. The molecule has 2 unspecified atom stereocenters. The average molecular weight is 269 g/mol. The fraction of sp³-hybridized carbons (Fsp3) is 0.500. The van der Waals surface area contributed by atoms with Crippen LogP contribution >= 0.6 is 0 Å². The molecule has 1 aromatic rings. The molecule has 0 aromatic heterocycles. The smallest absolute Gasteiger partial charge is 0.223 e. The highest BCUT2D eigenvalue weighted by molar-refractivity contribution is 5.76. The third kappa shape index (κ3) is 5.26. The van der Waals surface area contributed by atoms with Gasteiger partial charge in [-0.25, -0.2) is 4.39 Å². The van der Waals surface area contributed by atoms with E-state index in [1.165, 1.54) is 12.1 Å². The summed E-state index contributed by atoms with van der Waals surface area (Å²) < 4.78 is 18.4. The molecule has 0 saturated carbocycles. The van der Waals surface area contributed by atoms with Gasteiger partial charge in [-0.05, 0) is 25.0 Å². The standard InChI is InChI=1S/C14H20FNO3/c1-10(9-17)11(2)16-14(18)7-8-19-13-6-4-3-5-12(13)15/h3-6,10-11,17H,7-9H2,1-2H3,(H,16,18). The van der Waals surface area contributed by atoms with E-state index in [1.807, 2.05) is 13.8 Å². The summed E-state index contributed by atoms with van der Waals surface area (Å²) in [7, 11) is 0. The number of benzene rings is 1. The van der Waals surface area contributed by atoms with E-state index in [-0.39, 0.29) is 43.3 Å². The molecule has 5 heteroatoms. The first kappa shape index (κ1) is 15.4. The minimum Gasteiger partial charge on any atom is -0.490 e. The molecule has 0 radical (unpaired) electrons. The lowest BCUT2D eigenvalue weighted by atomic mass is 10.1. The van der Waals surface area contributed by atoms with Crippen molar-refractivity contribution in [2.75, 3.05) is 13.2 Å². The summed E-state index contributed by atoms with van der Waals surface area (Å²) in [4.78, 5) is 11.6. The lowest BCUT2D eigenvalue weighted by molar-refractivity contribution is -0.122. The molecule has 0 aliphatic heterocycles. The van der Waals surface area contributed by atoms with Gasteiger partial charge in [0.1, 0.15) is 0 Å². The number of hydrogen-bond acceptors (Lipinski definition) is 3. The molecule has 0 spiro atoms. The molecule has 1 rings (SSSR count). The molecule has 2 atom stereocenters. The van der Waals surface area contributed by atoms with Crippen molar-refractivity contribution in [3.8, 4) is 5.75 Å². The third-order valence-electron chi connectivity index (χ3n) is 2.95. The van der Waals surface area contributed by atoms with E-state index < -0.39 is 5.82 Å². The van der Waals surface area contributed by atoms with Crippen molar-refractivity contribution in [3.05, 3.63) is 30.1 Å². The Morgan fingerprint density at radius 3 is 2.74 bits per heavy atom. The third-order valence-corrected chi connectivity index (χ3v) is 2.95. The van der Waals surface area contributed by atoms with E-state index >= 15 is 0 Å². The Morgan fingerprint density at radius 1 is 1.42 bits per heavy atom. The van der Waals surface area contributed by atoms with Crippen molar-refractivity contribution < 1.29 is 19.0 Å². The van der Waals surface area contributed by atoms with Crippen molar-refractivity contribution >= 4 is 5.91 Å². The number of aliphatic hydroxyl groups excluding tert-OH is 1. The van der Waals surface area contributed by atoms with Crippen molar-refractivity contribution in [3.63, 3.8) is 0 Å². The van der Waals surface area contributed by atoms with Crippen molar-refractivity contribution in [2.45, 2.75) is 26.3 Å². The van der Waals surface area contributed by atoms with Crippen LogP contribution in [0.3, 0.4) is 0 Å². The second kappa shape index (κ2) is 7.74. The molecular weight excluding hydrogens is 249 g/mol. The zero-order valence-electron chi connectivity index (χ0n) is 11.2. The molecule has 106 valence electrons. The van der Waals surface area contributed by atoms with Gasteiger partial charge in [-0.2, -0.15) is 0 Å². The Kier molecular flexibility index (Phi) is 6.29. The monoisotopic (exact) mass is 269 g/mol. The summed E-state index contributed by atoms with van der Waals surface area (Å²) in [5.74, 6) is -0.474. The van der Waals surface area contributed by atoms with Crippen LogP contribution in [0, 0.1) is 11.7 Å². The zero-order valence-corrected chi connectivity index (χ0v) is 11.2. The predicted octanol–water partition coefficient (Wildman–Crippen LogP) is 1.73. The van der Waals surface area contributed by atoms with Gasteiger partial charge >= 0.3 is 0 Å². The van der Waals surface area contributed by atoms with Crippen molar-refractivity contribution in [2.24, 2.45) is 5.92 Å². The molecule has 0 fully saturated rings. The molecule has 19 heavy (non-hydrogen) atoms. The number of halogens is 1. The predicted molar refractivity (Wildman–Crippen MR) is 70.4 cm³/mol. The summed E-state index contributed by atoms with van der Waals surface area (Å²) in [6.07, 6.45) is 0.150. The van der Waals surface area contributed by atoms with E-state index in [9.17, 15) is 9.18 Å². The SMILES string of the molecule is CC(CO)C(C)NC(=O)CCOc1ccccc1F. The number of nitrogens with one attached hydrogen (secondary N) is 1. The largest absolute Gasteiger partial charge is 0.490 e. The van der Waals surface area contributed by atoms with E-state index in [0.29, 0.717) is 0 Å². The average Bonchev–Trinajstić information content (AvgIpc) is 2.40. The van der Waals surface area contributed by atoms with Crippen LogP contribution in [0.5, 0.6) is 5.75 Å². The number of carbonyl (C=O) groups is 1. The van der Waals surface area contributed by atoms with E-state index in [2.05, 4.69) is 5.32 Å². The first-order valence-corrected chi connectivity index (χ1v) is 6.32. The number of aliphatic hydroxyl groups is 1. The Bertz CT molecular complexity index is 411. The first-order chi connectivity index (χ1) is 9.04. The lowest BCUT2D eigenvalue weighted by Gasteiger charge is -2.19. The number of ether oxygens (including phenoxy) is 1. The molecule has 4 nitrogen and oxygen atoms in total. The lowest BCUT2D eigenvalue weighted by Crippen LogP contribution is -2.38. The highest BCUT2D eigenvalue weighted by Gasteiger charge is 2.13. The Balaban J connectivity index is 2.30. The highest BCUT2D eigenvalue weighted by Crippen LogP contribution is 2.15. The summed E-state index contributed by atoms with van der Waals surface area (Å²) >= 11 is 0. The maximum Gasteiger partial charge on any atom is 0.223 e. The van der Waals surface area contributed by atoms with Gasteiger partial charge in [0.05, 0.1) is 13.0 Å². The van der Waals surface area contributed by atoms with Crippen molar-refractivity contribution in [1.29, 1.82) is 0 Å². The van der Waals surface area contributed by atoms with Crippen LogP contribution in [-0.2, 0) is 4.79 Å². The van der Waals surface area contributed by atoms with Gasteiger partial charge in [0.25, 0.3) is 0 Å². The van der Waals surface area contributed by atoms with Gasteiger partial charge in [-0.15, -0.1) is 0 Å². The Labute approximate surface area is 112 Å². The van der Waals surface area contributed by atoms with Crippen LogP contribution in [0.2, 0.25) is 0 Å². The maximum atomic E-state index is 13.2. The van der Waals surface area contributed by atoms with E-state index in [0.717, 1.165) is 0 Å². The van der Waals surface area contributed by atoms with Crippen LogP contribution in [0.25, 0.3) is 0 Å². The molecule has 2 N–H and O–H groups in total. The topological polar surface area (TPSA) is 58.6 Å². The molecule has 0 heterocycles. The van der Waals surface area contributed by atoms with Crippen LogP contribution in [0.4, 0.5) is 4.39 Å². The minimum atomic E-state index is -0.440. The normalized spacial score (nSPS) is 13.7. The second-order valence-corrected chi connectivity index (χ2v) is 4.54. The molecule has 1 amide bonds. The fourth-order valence-electron chi connectivity index (χ4n) is 1.44. The fourth-order valence-corrected chi connectivity index (χ4v) is 1.44. The Morgan fingerprint density at radius 2 is 2.11 bits per heavy atom. The number of amides is 1. The number of rotatable bonds is 7. The van der Waals surface area contributed by atoms with Gasteiger partial charge in [0, 0.05) is 12.6 Å².